The van der Waals surface area contributed by atoms with Crippen molar-refractivity contribution in [3.8, 4) is 0 Å². The SMILES string of the molecule is CCCCCCCC/C=C\CCCCCCCCC(CCCCCCCCCCCCCCCCCC)n1cc[n+](C)c1.[Cl-]. The van der Waals surface area contributed by atoms with Crippen molar-refractivity contribution in [3.05, 3.63) is 30.9 Å². The van der Waals surface area contributed by atoms with E-state index >= 15 is 0 Å². The molecule has 1 unspecified atom stereocenters. The number of allylic oxidation sites excluding steroid dienone is 2. The Hall–Kier alpha value is -0.760. The monoisotopic (exact) mass is 635 g/mol. The first kappa shape index (κ1) is 43.2. The fraction of sp³-hybridized carbons (Fsp3) is 0.878. The quantitative estimate of drug-likeness (QED) is 0.0405. The van der Waals surface area contributed by atoms with E-state index in [0.29, 0.717) is 6.04 Å². The van der Waals surface area contributed by atoms with Crippen molar-refractivity contribution >= 4 is 0 Å². The van der Waals surface area contributed by atoms with Crippen LogP contribution in [0.15, 0.2) is 30.9 Å². The summed E-state index contributed by atoms with van der Waals surface area (Å²) < 4.78 is 4.71. The normalized spacial score (nSPS) is 12.2. The molecule has 0 saturated heterocycles. The van der Waals surface area contributed by atoms with Crippen molar-refractivity contribution < 1.29 is 17.0 Å². The number of unbranched alkanes of at least 4 members (excludes halogenated alkanes) is 27. The molecular formula is C41H79ClN2. The summed E-state index contributed by atoms with van der Waals surface area (Å²) in [6, 6.07) is 0.699. The molecule has 0 aliphatic rings. The zero-order chi connectivity index (χ0) is 30.9. The van der Waals surface area contributed by atoms with Gasteiger partial charge in [0.2, 0.25) is 6.33 Å². The van der Waals surface area contributed by atoms with E-state index in [1.807, 2.05) is 0 Å². The number of imidazole rings is 1. The van der Waals surface area contributed by atoms with Gasteiger partial charge in [-0.05, 0) is 51.4 Å². The Morgan fingerprint density at radius 3 is 1.11 bits per heavy atom. The van der Waals surface area contributed by atoms with Gasteiger partial charge in [0.1, 0.15) is 18.4 Å². The summed E-state index contributed by atoms with van der Waals surface area (Å²) in [4.78, 5) is 0. The van der Waals surface area contributed by atoms with E-state index in [-0.39, 0.29) is 12.4 Å². The summed E-state index contributed by atoms with van der Waals surface area (Å²) in [5.74, 6) is 0. The molecule has 0 amide bonds. The van der Waals surface area contributed by atoms with Gasteiger partial charge < -0.3 is 12.4 Å². The molecule has 1 aromatic heterocycles. The Morgan fingerprint density at radius 2 is 0.795 bits per heavy atom. The number of hydrogen-bond acceptors (Lipinski definition) is 0. The largest absolute Gasteiger partial charge is 1.00 e. The van der Waals surface area contributed by atoms with Crippen LogP contribution in [0.5, 0.6) is 0 Å². The average molecular weight is 636 g/mol. The molecule has 44 heavy (non-hydrogen) atoms. The molecule has 0 radical (unpaired) electrons. The fourth-order valence-electron chi connectivity index (χ4n) is 6.68. The average Bonchev–Trinajstić information content (AvgIpc) is 3.45. The zero-order valence-electron chi connectivity index (χ0n) is 30.4. The van der Waals surface area contributed by atoms with E-state index in [1.54, 1.807) is 0 Å². The molecule has 0 N–H and O–H groups in total. The van der Waals surface area contributed by atoms with Crippen LogP contribution in [0.3, 0.4) is 0 Å². The van der Waals surface area contributed by atoms with Crippen LogP contribution in [0.25, 0.3) is 0 Å². The molecule has 0 saturated carbocycles. The van der Waals surface area contributed by atoms with E-state index in [9.17, 15) is 0 Å². The van der Waals surface area contributed by atoms with Gasteiger partial charge in [-0.3, -0.25) is 0 Å². The molecule has 0 fully saturated rings. The number of halogens is 1. The van der Waals surface area contributed by atoms with Crippen molar-refractivity contribution in [1.82, 2.24) is 4.57 Å². The third kappa shape index (κ3) is 28.7. The predicted octanol–water partition coefficient (Wildman–Crippen LogP) is 10.9. The third-order valence-electron chi connectivity index (χ3n) is 9.65. The highest BCUT2D eigenvalue weighted by atomic mass is 35.5. The van der Waals surface area contributed by atoms with Gasteiger partial charge in [-0.25, -0.2) is 9.13 Å². The summed E-state index contributed by atoms with van der Waals surface area (Å²) in [7, 11) is 2.16. The van der Waals surface area contributed by atoms with Gasteiger partial charge >= 0.3 is 0 Å². The topological polar surface area (TPSA) is 8.81 Å². The van der Waals surface area contributed by atoms with Crippen LogP contribution in [0.2, 0.25) is 0 Å². The third-order valence-corrected chi connectivity index (χ3v) is 9.65. The first-order chi connectivity index (χ1) is 21.3. The predicted molar refractivity (Wildman–Crippen MR) is 193 cm³/mol. The second-order valence-corrected chi connectivity index (χ2v) is 14.0. The lowest BCUT2D eigenvalue weighted by Gasteiger charge is -2.14. The Balaban J connectivity index is 0.0000185. The van der Waals surface area contributed by atoms with Crippen LogP contribution < -0.4 is 17.0 Å². The minimum Gasteiger partial charge on any atom is -1.00 e. The maximum absolute atomic E-state index is 2.50. The highest BCUT2D eigenvalue weighted by molar-refractivity contribution is 4.81. The van der Waals surface area contributed by atoms with Crippen molar-refractivity contribution in [1.29, 1.82) is 0 Å². The lowest BCUT2D eigenvalue weighted by molar-refractivity contribution is -0.671. The maximum atomic E-state index is 2.50. The van der Waals surface area contributed by atoms with E-state index in [0.717, 1.165) is 0 Å². The van der Waals surface area contributed by atoms with E-state index < -0.39 is 0 Å². The molecule has 0 aromatic carbocycles. The lowest BCUT2D eigenvalue weighted by Crippen LogP contribution is -3.00. The molecular weight excluding hydrogens is 556 g/mol. The molecule has 1 aromatic rings. The number of nitrogens with zero attached hydrogens (tertiary/aromatic N) is 2. The standard InChI is InChI=1S/C41H79N2.ClH/c1-4-6-8-10-12-14-16-18-20-22-24-26-28-30-32-34-36-41(43-39-38-42(3)40-43)37-35-33-31-29-27-25-23-21-19-17-15-13-11-9-7-5-2;/h18,20,38-41H,4-17,19,21-37H2,1-3H3;1H/q+1;/p-1/b20-18-;. The van der Waals surface area contributed by atoms with Crippen molar-refractivity contribution in [2.75, 3.05) is 0 Å². The van der Waals surface area contributed by atoms with Crippen molar-refractivity contribution in [2.45, 2.75) is 225 Å². The molecule has 0 bridgehead atoms. The molecule has 260 valence electrons. The molecule has 2 nitrogen and oxygen atoms in total. The van der Waals surface area contributed by atoms with Gasteiger partial charge in [-0.1, -0.05) is 180 Å². The van der Waals surface area contributed by atoms with Gasteiger partial charge in [-0.2, -0.15) is 0 Å². The second-order valence-electron chi connectivity index (χ2n) is 14.0. The summed E-state index contributed by atoms with van der Waals surface area (Å²) in [6.45, 7) is 4.61. The van der Waals surface area contributed by atoms with Crippen molar-refractivity contribution in [3.63, 3.8) is 0 Å². The Morgan fingerprint density at radius 1 is 0.477 bits per heavy atom. The number of aryl methyl sites for hydroxylation is 1. The van der Waals surface area contributed by atoms with Crippen LogP contribution in [0.1, 0.15) is 225 Å². The summed E-state index contributed by atoms with van der Waals surface area (Å²) in [5, 5.41) is 0. The highest BCUT2D eigenvalue weighted by Gasteiger charge is 2.15. The molecule has 3 heteroatoms. The zero-order valence-corrected chi connectivity index (χ0v) is 31.1. The Labute approximate surface area is 284 Å². The molecule has 1 atom stereocenters. The molecule has 1 rings (SSSR count). The van der Waals surface area contributed by atoms with Gasteiger partial charge in [0.15, 0.2) is 0 Å². The first-order valence-electron chi connectivity index (χ1n) is 20.0. The van der Waals surface area contributed by atoms with Crippen LogP contribution in [-0.2, 0) is 7.05 Å². The molecule has 0 aliphatic carbocycles. The van der Waals surface area contributed by atoms with Gasteiger partial charge in [0.25, 0.3) is 0 Å². The van der Waals surface area contributed by atoms with Crippen LogP contribution in [-0.4, -0.2) is 4.57 Å². The van der Waals surface area contributed by atoms with E-state index in [1.165, 1.54) is 205 Å². The highest BCUT2D eigenvalue weighted by Crippen LogP contribution is 2.24. The fourth-order valence-corrected chi connectivity index (χ4v) is 6.68. The van der Waals surface area contributed by atoms with Gasteiger partial charge in [0.05, 0.1) is 7.05 Å². The molecule has 0 spiro atoms. The number of aromatic nitrogens is 2. The van der Waals surface area contributed by atoms with E-state index in [2.05, 4.69) is 60.9 Å². The van der Waals surface area contributed by atoms with Crippen molar-refractivity contribution in [2.24, 2.45) is 7.05 Å². The minimum absolute atomic E-state index is 0. The van der Waals surface area contributed by atoms with Crippen LogP contribution >= 0.6 is 0 Å². The van der Waals surface area contributed by atoms with Crippen LogP contribution in [0.4, 0.5) is 0 Å². The number of rotatable bonds is 34. The Bertz CT molecular complexity index is 697. The molecule has 0 aliphatic heterocycles. The maximum Gasteiger partial charge on any atom is 0.243 e. The Kier molecular flexibility index (Phi) is 34.5. The smallest absolute Gasteiger partial charge is 0.243 e. The summed E-state index contributed by atoms with van der Waals surface area (Å²) in [5.41, 5.74) is 0. The summed E-state index contributed by atoms with van der Waals surface area (Å²) >= 11 is 0. The second kappa shape index (κ2) is 35.1. The molecule has 1 heterocycles. The van der Waals surface area contributed by atoms with Gasteiger partial charge in [0, 0.05) is 0 Å². The first-order valence-corrected chi connectivity index (χ1v) is 20.0. The van der Waals surface area contributed by atoms with Gasteiger partial charge in [-0.15, -0.1) is 0 Å². The van der Waals surface area contributed by atoms with Crippen LogP contribution in [0, 0.1) is 0 Å². The minimum atomic E-state index is 0. The van der Waals surface area contributed by atoms with E-state index in [4.69, 9.17) is 0 Å². The lowest BCUT2D eigenvalue weighted by atomic mass is 9.99. The number of hydrogen-bond donors (Lipinski definition) is 0. The summed E-state index contributed by atoms with van der Waals surface area (Å²) in [6.07, 6.45) is 57.2.